The number of nitrogens with zero attached hydrogens (tertiary/aromatic N) is 6. The Labute approximate surface area is 406 Å². The average Bonchev–Trinajstić information content (AvgIpc) is 4.05. The smallest absolute Gasteiger partial charge is 0.394 e. The number of aromatic nitrogens is 6. The summed E-state index contributed by atoms with van der Waals surface area (Å²) in [6, 6.07) is 36.9. The van der Waals surface area contributed by atoms with E-state index in [-0.39, 0.29) is 23.4 Å². The molecule has 3 aromatic carbocycles. The monoisotopic (exact) mass is 992 g/mol. The summed E-state index contributed by atoms with van der Waals surface area (Å²) in [6.07, 6.45) is -4.18. The van der Waals surface area contributed by atoms with E-state index in [0.29, 0.717) is 43.3 Å². The summed E-state index contributed by atoms with van der Waals surface area (Å²) in [7, 11) is 0. The molecule has 2 aliphatic rings. The lowest BCUT2D eigenvalue weighted by Crippen LogP contribution is -2.53. The molecule has 0 bridgehead atoms. The predicted molar refractivity (Wildman–Crippen MR) is 258 cm³/mol. The van der Waals surface area contributed by atoms with Gasteiger partial charge in [0.1, 0.15) is 58.4 Å². The van der Waals surface area contributed by atoms with Gasteiger partial charge in [0, 0.05) is 0 Å². The fraction of sp³-hybridized carbons (Fsp3) is 0.333. The zero-order chi connectivity index (χ0) is 48.8. The normalized spacial score (nSPS) is 25.5. The van der Waals surface area contributed by atoms with Gasteiger partial charge in [0.25, 0.3) is 0 Å². The molecule has 9 rings (SSSR count). The molecule has 2 saturated heterocycles. The van der Waals surface area contributed by atoms with Crippen molar-refractivity contribution in [2.75, 3.05) is 36.1 Å². The number of fused-ring (bicyclic) bond motifs is 2. The van der Waals surface area contributed by atoms with Crippen LogP contribution in [0.5, 0.6) is 0 Å². The third-order valence-electron chi connectivity index (χ3n) is 11.7. The highest BCUT2D eigenvalue weighted by Gasteiger charge is 2.64. The maximum absolute atomic E-state index is 10.8. The lowest BCUT2D eigenvalue weighted by Gasteiger charge is -2.35. The van der Waals surface area contributed by atoms with E-state index in [1.807, 2.05) is 110 Å². The van der Waals surface area contributed by atoms with Crippen molar-refractivity contribution in [1.29, 1.82) is 0 Å². The van der Waals surface area contributed by atoms with Gasteiger partial charge < -0.3 is 67.0 Å². The Kier molecular flexibility index (Phi) is 16.0. The van der Waals surface area contributed by atoms with Crippen molar-refractivity contribution < 1.29 is 44.1 Å². The van der Waals surface area contributed by atoms with Crippen LogP contribution in [-0.4, -0.2) is 103 Å². The minimum Gasteiger partial charge on any atom is -0.394 e. The first-order valence-electron chi connectivity index (χ1n) is 21.2. The highest BCUT2D eigenvalue weighted by molar-refractivity contribution is 7.54. The molecule has 0 saturated carbocycles. The van der Waals surface area contributed by atoms with Crippen LogP contribution in [0, 0.1) is 0 Å². The number of hydrogen-bond donors (Lipinski definition) is 8. The zero-order valence-corrected chi connectivity index (χ0v) is 39.2. The maximum Gasteiger partial charge on any atom is 0.450 e. The third-order valence-corrected chi connectivity index (χ3v) is 11.7. The van der Waals surface area contributed by atoms with Crippen LogP contribution < -0.4 is 22.9 Å². The number of aliphatic hydroxyl groups is 4. The number of benzene rings is 3. The minimum atomic E-state index is -2.32. The largest absolute Gasteiger partial charge is 0.450 e. The van der Waals surface area contributed by atoms with Gasteiger partial charge in [-0.05, 0) is 54.8 Å². The molecular weight excluding hydrogens is 942 g/mol. The molecule has 360 valence electrons. The lowest BCUT2D eigenvalue weighted by molar-refractivity contribution is -0.275. The first-order valence-corrected chi connectivity index (χ1v) is 22.5. The van der Waals surface area contributed by atoms with E-state index in [1.54, 1.807) is 4.52 Å². The fourth-order valence-electron chi connectivity index (χ4n) is 8.23. The van der Waals surface area contributed by atoms with E-state index in [9.17, 15) is 20.4 Å². The van der Waals surface area contributed by atoms with E-state index in [4.69, 9.17) is 81.0 Å². The number of hydrogen-bond acceptors (Lipinski definition) is 17. The number of anilines is 4. The van der Waals surface area contributed by atoms with E-state index in [0.717, 1.165) is 22.4 Å². The van der Waals surface area contributed by atoms with E-state index < -0.39 is 59.1 Å². The number of nitrogens with two attached hydrogens (primary N) is 4. The molecule has 19 nitrogen and oxygen atoms in total. The standard InChI is InChI=1S/C33H35N5O4.C12H17N5O5.BCl3/c1-33(41-21-25-15-9-4-10-16-25)29(26-17-18-27-31(34)36-32(35)37-38(26)27)42-28(22-39-19-23-11-5-2-6-12-23)30(33)40-20-24-13-7-3-8-14-24;1-11(20)8(19)6(4-18)22-12(11,21)7-3-2-5-9(13)15-10(14)16-17(5)7;2-1(3)4/h2-18,28-30H,19-22H2,1H3,(H4,34,35,36,37);2-3,6,8,18-21H,4H2,1H3,(H4,13,14,15,16);/t28-,29+,30-,33+;6-,8-,11-,12+;/m11./s1. The Morgan fingerprint density at radius 3 is 1.74 bits per heavy atom. The second-order valence-electron chi connectivity index (χ2n) is 16.3. The Morgan fingerprint density at radius 1 is 0.691 bits per heavy atom. The average molecular weight is 994 g/mol. The van der Waals surface area contributed by atoms with Gasteiger partial charge in [-0.15, -0.1) is 10.2 Å². The highest BCUT2D eigenvalue weighted by Crippen LogP contribution is 2.48. The van der Waals surface area contributed by atoms with E-state index >= 15 is 0 Å². The van der Waals surface area contributed by atoms with Gasteiger partial charge >= 0.3 is 4.96 Å². The van der Waals surface area contributed by atoms with Gasteiger partial charge in [-0.1, -0.05) is 91.0 Å². The van der Waals surface area contributed by atoms with Crippen molar-refractivity contribution in [3.8, 4) is 0 Å². The Hall–Kier alpha value is -5.33. The van der Waals surface area contributed by atoms with Crippen LogP contribution in [0.4, 0.5) is 23.5 Å². The summed E-state index contributed by atoms with van der Waals surface area (Å²) in [5, 5.41) is 49.0. The molecule has 68 heavy (non-hydrogen) atoms. The van der Waals surface area contributed by atoms with Crippen molar-refractivity contribution in [3.05, 3.63) is 143 Å². The van der Waals surface area contributed by atoms with Gasteiger partial charge in [0.2, 0.25) is 17.7 Å². The minimum absolute atomic E-state index is 0.00306. The highest BCUT2D eigenvalue weighted by atomic mass is 35.6. The molecule has 8 atom stereocenters. The second kappa shape index (κ2) is 21.5. The molecule has 2 aliphatic heterocycles. The molecule has 6 heterocycles. The second-order valence-corrected chi connectivity index (χ2v) is 18.3. The lowest BCUT2D eigenvalue weighted by atomic mass is 9.88. The fourth-order valence-corrected chi connectivity index (χ4v) is 8.23. The number of aliphatic hydroxyl groups excluding tert-OH is 2. The quantitative estimate of drug-likeness (QED) is 0.0746. The molecule has 0 aliphatic carbocycles. The van der Waals surface area contributed by atoms with Gasteiger partial charge in [-0.3, -0.25) is 0 Å². The Morgan fingerprint density at radius 2 is 1.19 bits per heavy atom. The SMILES string of the molecule is C[C@@]1(O)[C@H](O)[C@@H](CO)O[C@@]1(O)c1ccc2c(N)nc(N)nn12.C[C@@]1(OCc2ccccc2)[C@H](OCc2ccccc2)[C@@H](COCc2ccccc2)O[C@H]1c1ccc2c(N)nc(N)nn12.ClB(Cl)Cl. The molecule has 2 fully saturated rings. The summed E-state index contributed by atoms with van der Waals surface area (Å²) in [6.45, 7) is 4.15. The number of ether oxygens (including phenoxy) is 5. The zero-order valence-electron chi connectivity index (χ0n) is 36.9. The number of halogens is 3. The van der Waals surface area contributed by atoms with Crippen LogP contribution in [-0.2, 0) is 49.3 Å². The van der Waals surface area contributed by atoms with Crippen molar-refractivity contribution in [2.24, 2.45) is 0 Å². The first kappa shape index (κ1) is 50.5. The summed E-state index contributed by atoms with van der Waals surface area (Å²) in [5.74, 6) is -2.01. The Balaban J connectivity index is 0.000000220. The topological polar surface area (TPSA) is 292 Å². The summed E-state index contributed by atoms with van der Waals surface area (Å²) < 4.78 is 34.6. The molecule has 12 N–H and O–H groups in total. The maximum atomic E-state index is 10.8. The summed E-state index contributed by atoms with van der Waals surface area (Å²) >= 11 is 14.4. The van der Waals surface area contributed by atoms with Gasteiger partial charge in [-0.25, -0.2) is 9.03 Å². The number of nitrogen functional groups attached to an aromatic ring is 4. The third kappa shape index (κ3) is 10.8. The predicted octanol–water partition coefficient (Wildman–Crippen LogP) is 4.34. The molecular formula is C45H52BCl3N10O9. The van der Waals surface area contributed by atoms with Crippen LogP contribution in [0.3, 0.4) is 0 Å². The van der Waals surface area contributed by atoms with Gasteiger partial charge in [0.15, 0.2) is 11.6 Å². The van der Waals surface area contributed by atoms with E-state index in [1.165, 1.54) is 23.6 Å². The Bertz CT molecular complexity index is 2750. The molecule has 4 aromatic heterocycles. The van der Waals surface area contributed by atoms with Crippen LogP contribution >= 0.6 is 34.4 Å². The molecule has 23 heteroatoms. The molecule has 0 unspecified atom stereocenters. The molecule has 0 spiro atoms. The van der Waals surface area contributed by atoms with Crippen molar-refractivity contribution in [3.63, 3.8) is 0 Å². The van der Waals surface area contributed by atoms with E-state index in [2.05, 4.69) is 20.2 Å². The van der Waals surface area contributed by atoms with Crippen molar-refractivity contribution in [2.45, 2.75) is 81.2 Å². The molecule has 0 amide bonds. The molecule has 7 aromatic rings. The number of rotatable bonds is 13. The first-order chi connectivity index (χ1) is 32.5. The van der Waals surface area contributed by atoms with Crippen molar-refractivity contribution >= 4 is 73.9 Å². The van der Waals surface area contributed by atoms with Crippen molar-refractivity contribution in [1.82, 2.24) is 29.2 Å². The van der Waals surface area contributed by atoms with Crippen LogP contribution in [0.15, 0.2) is 115 Å². The van der Waals surface area contributed by atoms with Gasteiger partial charge in [-0.2, -0.15) is 44.3 Å². The van der Waals surface area contributed by atoms with Crippen LogP contribution in [0.25, 0.3) is 11.0 Å². The van der Waals surface area contributed by atoms with Crippen LogP contribution in [0.2, 0.25) is 0 Å². The van der Waals surface area contributed by atoms with Crippen LogP contribution in [0.1, 0.15) is 48.0 Å². The summed E-state index contributed by atoms with van der Waals surface area (Å²) in [4.78, 5) is 7.17. The molecule has 0 radical (unpaired) electrons. The summed E-state index contributed by atoms with van der Waals surface area (Å²) in [5.41, 5.74) is 25.3. The van der Waals surface area contributed by atoms with Gasteiger partial charge in [0.05, 0.1) is 38.7 Å².